The molecule has 0 radical (unpaired) electrons. The summed E-state index contributed by atoms with van der Waals surface area (Å²) in [4.78, 5) is 30.9. The van der Waals surface area contributed by atoms with Crippen LogP contribution in [0, 0.1) is 0 Å². The molecule has 2 amide bonds. The van der Waals surface area contributed by atoms with E-state index >= 15 is 0 Å². The summed E-state index contributed by atoms with van der Waals surface area (Å²) in [6.07, 6.45) is 0. The second-order valence-electron chi connectivity index (χ2n) is 5.28. The number of thioether (sulfide) groups is 1. The first-order valence-corrected chi connectivity index (χ1v) is 8.26. The number of carbonyl (C=O) groups excluding carboxylic acids is 2. The third kappa shape index (κ3) is 3.43. The maximum absolute atomic E-state index is 11.9. The topological polar surface area (TPSA) is 124 Å². The molecule has 3 rings (SSSR count). The van der Waals surface area contributed by atoms with Crippen molar-refractivity contribution in [3.05, 3.63) is 53.6 Å². The van der Waals surface area contributed by atoms with Gasteiger partial charge in [-0.2, -0.15) is 0 Å². The molecule has 0 saturated heterocycles. The molecule has 8 heteroatoms. The number of nitrogens with two attached hydrogens (primary N) is 2. The summed E-state index contributed by atoms with van der Waals surface area (Å²) in [6.45, 7) is 0. The van der Waals surface area contributed by atoms with Crippen molar-refractivity contribution in [3.63, 3.8) is 0 Å². The zero-order chi connectivity index (χ0) is 18.0. The van der Waals surface area contributed by atoms with Crippen molar-refractivity contribution in [2.45, 2.75) is 10.4 Å². The van der Waals surface area contributed by atoms with E-state index in [0.29, 0.717) is 27.5 Å². The minimum Gasteiger partial charge on any atom is -0.497 e. The highest BCUT2D eigenvalue weighted by Crippen LogP contribution is 2.35. The molecule has 2 aromatic carbocycles. The number of hydrogen-bond acceptors (Lipinski definition) is 5. The minimum atomic E-state index is -0.636. The number of para-hydroxylation sites is 1. The van der Waals surface area contributed by atoms with E-state index < -0.39 is 17.1 Å². The molecular formula is C17H16N4O3S. The molecule has 0 saturated carbocycles. The third-order valence-electron chi connectivity index (χ3n) is 3.66. The zero-order valence-electron chi connectivity index (χ0n) is 13.4. The van der Waals surface area contributed by atoms with Gasteiger partial charge in [0.25, 0.3) is 5.91 Å². The molecule has 0 aliphatic carbocycles. The van der Waals surface area contributed by atoms with Crippen molar-refractivity contribution < 1.29 is 14.3 Å². The van der Waals surface area contributed by atoms with E-state index in [1.54, 1.807) is 49.6 Å². The Bertz CT molecular complexity index is 937. The number of benzene rings is 2. The normalized spacial score (nSPS) is 12.0. The first-order valence-electron chi connectivity index (χ1n) is 7.38. The molecule has 0 spiro atoms. The van der Waals surface area contributed by atoms with Gasteiger partial charge in [-0.15, -0.1) is 0 Å². The fourth-order valence-electron chi connectivity index (χ4n) is 2.44. The van der Waals surface area contributed by atoms with Crippen LogP contribution in [0.25, 0.3) is 11.0 Å². The van der Waals surface area contributed by atoms with Gasteiger partial charge in [-0.05, 0) is 29.8 Å². The summed E-state index contributed by atoms with van der Waals surface area (Å²) in [7, 11) is 1.57. The van der Waals surface area contributed by atoms with E-state index in [1.165, 1.54) is 11.8 Å². The number of ether oxygens (including phenoxy) is 1. The minimum absolute atomic E-state index is 0.320. The highest BCUT2D eigenvalue weighted by atomic mass is 32.2. The van der Waals surface area contributed by atoms with E-state index in [1.807, 2.05) is 0 Å². The Balaban J connectivity index is 1.94. The number of rotatable bonds is 6. The van der Waals surface area contributed by atoms with Crippen LogP contribution in [-0.2, 0) is 4.79 Å². The number of imidazole rings is 1. The van der Waals surface area contributed by atoms with Crippen molar-refractivity contribution in [1.29, 1.82) is 0 Å². The van der Waals surface area contributed by atoms with E-state index in [2.05, 4.69) is 9.97 Å². The van der Waals surface area contributed by atoms with Gasteiger partial charge >= 0.3 is 0 Å². The number of primary amides is 2. The van der Waals surface area contributed by atoms with Crippen LogP contribution in [0.5, 0.6) is 5.75 Å². The molecular weight excluding hydrogens is 340 g/mol. The molecule has 1 atom stereocenters. The van der Waals surface area contributed by atoms with E-state index in [4.69, 9.17) is 16.2 Å². The largest absolute Gasteiger partial charge is 0.497 e. The standard InChI is InChI=1S/C17H16N4O3S/c1-24-10-7-5-9(6-8-10)14(16(19)23)25-17-20-12-4-2-3-11(15(18)22)13(12)21-17/h2-8,14H,1H3,(H2,18,22)(H2,19,23)(H,20,21). The average Bonchev–Trinajstić information content (AvgIpc) is 3.02. The SMILES string of the molecule is COc1ccc(C(Sc2nc3c(C(N)=O)cccc3[nH]2)C(N)=O)cc1. The molecule has 7 nitrogen and oxygen atoms in total. The van der Waals surface area contributed by atoms with Crippen LogP contribution in [0.4, 0.5) is 0 Å². The molecule has 0 aliphatic heterocycles. The Kier molecular flexibility index (Phi) is 4.62. The Morgan fingerprint density at radius 1 is 1.16 bits per heavy atom. The van der Waals surface area contributed by atoms with Gasteiger partial charge in [-0.1, -0.05) is 30.0 Å². The van der Waals surface area contributed by atoms with Gasteiger partial charge in [0.05, 0.1) is 18.2 Å². The van der Waals surface area contributed by atoms with Crippen molar-refractivity contribution in [2.75, 3.05) is 7.11 Å². The maximum Gasteiger partial charge on any atom is 0.250 e. The summed E-state index contributed by atoms with van der Waals surface area (Å²) in [5, 5.41) is -0.160. The molecule has 3 aromatic rings. The molecule has 0 aliphatic rings. The summed E-state index contributed by atoms with van der Waals surface area (Å²) in [5.41, 5.74) is 13.1. The highest BCUT2D eigenvalue weighted by molar-refractivity contribution is 8.00. The number of amides is 2. The third-order valence-corrected chi connectivity index (χ3v) is 4.82. The summed E-state index contributed by atoms with van der Waals surface area (Å²) in [6, 6.07) is 12.2. The number of nitrogens with one attached hydrogen (secondary N) is 1. The van der Waals surface area contributed by atoms with Gasteiger partial charge in [-0.25, -0.2) is 4.98 Å². The van der Waals surface area contributed by atoms with Crippen molar-refractivity contribution in [3.8, 4) is 5.75 Å². The van der Waals surface area contributed by atoms with Gasteiger partial charge in [0, 0.05) is 0 Å². The van der Waals surface area contributed by atoms with Gasteiger partial charge in [0.15, 0.2) is 5.16 Å². The fourth-order valence-corrected chi connectivity index (χ4v) is 3.39. The molecule has 1 heterocycles. The molecule has 25 heavy (non-hydrogen) atoms. The molecule has 1 aromatic heterocycles. The first kappa shape index (κ1) is 16.8. The molecule has 0 fully saturated rings. The lowest BCUT2D eigenvalue weighted by atomic mass is 10.1. The smallest absolute Gasteiger partial charge is 0.250 e. The van der Waals surface area contributed by atoms with Gasteiger partial charge < -0.3 is 21.2 Å². The lowest BCUT2D eigenvalue weighted by Gasteiger charge is -2.12. The molecule has 5 N–H and O–H groups in total. The van der Waals surface area contributed by atoms with Crippen LogP contribution in [0.15, 0.2) is 47.6 Å². The lowest BCUT2D eigenvalue weighted by Crippen LogP contribution is -2.19. The van der Waals surface area contributed by atoms with Crippen LogP contribution in [0.1, 0.15) is 21.2 Å². The van der Waals surface area contributed by atoms with Crippen LogP contribution in [0.3, 0.4) is 0 Å². The van der Waals surface area contributed by atoms with Crippen molar-refractivity contribution in [1.82, 2.24) is 9.97 Å². The molecule has 0 bridgehead atoms. The number of carbonyl (C=O) groups is 2. The Hall–Kier alpha value is -3.00. The van der Waals surface area contributed by atoms with Gasteiger partial charge in [-0.3, -0.25) is 9.59 Å². The van der Waals surface area contributed by atoms with E-state index in [9.17, 15) is 9.59 Å². The first-order chi connectivity index (χ1) is 12.0. The number of H-pyrrole nitrogens is 1. The predicted molar refractivity (Wildman–Crippen MR) is 95.4 cm³/mol. The van der Waals surface area contributed by atoms with Crippen LogP contribution in [0.2, 0.25) is 0 Å². The summed E-state index contributed by atoms with van der Waals surface area (Å²) >= 11 is 1.18. The van der Waals surface area contributed by atoms with Crippen molar-refractivity contribution in [2.24, 2.45) is 11.5 Å². The van der Waals surface area contributed by atoms with E-state index in [0.717, 1.165) is 5.56 Å². The number of aromatic amines is 1. The Morgan fingerprint density at radius 3 is 2.48 bits per heavy atom. The second-order valence-corrected chi connectivity index (χ2v) is 6.38. The fraction of sp³-hybridized carbons (Fsp3) is 0.118. The van der Waals surface area contributed by atoms with Gasteiger partial charge in [0.1, 0.15) is 16.5 Å². The van der Waals surface area contributed by atoms with Crippen LogP contribution < -0.4 is 16.2 Å². The average molecular weight is 356 g/mol. The quantitative estimate of drug-likeness (QED) is 0.583. The number of aromatic nitrogens is 2. The second kappa shape index (κ2) is 6.86. The number of methoxy groups -OCH3 is 1. The van der Waals surface area contributed by atoms with Crippen LogP contribution >= 0.6 is 11.8 Å². The number of fused-ring (bicyclic) bond motifs is 1. The number of hydrogen-bond donors (Lipinski definition) is 3. The zero-order valence-corrected chi connectivity index (χ0v) is 14.2. The predicted octanol–water partition coefficient (Wildman–Crippen LogP) is 1.99. The van der Waals surface area contributed by atoms with Crippen molar-refractivity contribution >= 4 is 34.6 Å². The van der Waals surface area contributed by atoms with Gasteiger partial charge in [0.2, 0.25) is 5.91 Å². The summed E-state index contributed by atoms with van der Waals surface area (Å²) < 4.78 is 5.12. The highest BCUT2D eigenvalue weighted by Gasteiger charge is 2.22. The monoisotopic (exact) mass is 356 g/mol. The molecule has 128 valence electrons. The summed E-state index contributed by atoms with van der Waals surface area (Å²) in [5.74, 6) is -0.368. The maximum atomic E-state index is 11.9. The van der Waals surface area contributed by atoms with Crippen LogP contribution in [-0.4, -0.2) is 28.9 Å². The Labute approximate surface area is 147 Å². The lowest BCUT2D eigenvalue weighted by molar-refractivity contribution is -0.117. The molecule has 1 unspecified atom stereocenters. The Morgan fingerprint density at radius 2 is 1.88 bits per heavy atom. The van der Waals surface area contributed by atoms with E-state index in [-0.39, 0.29) is 0 Å². The number of nitrogens with zero attached hydrogens (tertiary/aromatic N) is 1.